The third-order valence-electron chi connectivity index (χ3n) is 4.90. The number of nitrogens with one attached hydrogen (secondary N) is 2. The van der Waals surface area contributed by atoms with Gasteiger partial charge in [-0.15, -0.1) is 0 Å². The molecule has 1 aliphatic heterocycles. The number of benzene rings is 1. The number of rotatable bonds is 5. The maximum absolute atomic E-state index is 14.7. The molecule has 3 heterocycles. The van der Waals surface area contributed by atoms with Gasteiger partial charge in [0.25, 0.3) is 5.91 Å². The van der Waals surface area contributed by atoms with Crippen LogP contribution in [0.25, 0.3) is 22.4 Å². The largest absolute Gasteiger partial charge is 0.465 e. The lowest BCUT2D eigenvalue weighted by Crippen LogP contribution is -2.40. The molecule has 1 aliphatic rings. The van der Waals surface area contributed by atoms with Crippen LogP contribution >= 0.6 is 22.9 Å². The Labute approximate surface area is 174 Å². The number of aromatic nitrogens is 1. The standard InChI is InChI=1S/C20H17ClFN3O3S/c21-12-1-2-16(22)14(7-12)15-8-17-19(26)24-9-13(3-5-23-20(27)28)25(17)18(15)11-4-6-29-10-11/h1-2,4,6-8,10,13,23H,3,5,9H2,(H,24,26)(H,27,28). The van der Waals surface area contributed by atoms with Crippen molar-refractivity contribution in [2.24, 2.45) is 0 Å². The molecule has 3 N–H and O–H groups in total. The summed E-state index contributed by atoms with van der Waals surface area (Å²) in [5.41, 5.74) is 2.88. The number of halogens is 2. The Balaban J connectivity index is 1.89. The van der Waals surface area contributed by atoms with E-state index in [2.05, 4.69) is 10.6 Å². The molecule has 1 unspecified atom stereocenters. The molecule has 3 aromatic rings. The number of hydrogen-bond donors (Lipinski definition) is 3. The predicted octanol–water partition coefficient (Wildman–Crippen LogP) is 4.62. The van der Waals surface area contributed by atoms with Gasteiger partial charge in [0.05, 0.1) is 11.7 Å². The summed E-state index contributed by atoms with van der Waals surface area (Å²) in [6, 6.07) is 7.74. The molecule has 0 aliphatic carbocycles. The van der Waals surface area contributed by atoms with E-state index in [1.54, 1.807) is 12.1 Å². The zero-order valence-corrected chi connectivity index (χ0v) is 16.7. The summed E-state index contributed by atoms with van der Waals surface area (Å²) in [6.45, 7) is 0.591. The third kappa shape index (κ3) is 3.73. The molecule has 0 fully saturated rings. The van der Waals surface area contributed by atoms with Gasteiger partial charge in [-0.2, -0.15) is 11.3 Å². The molecule has 0 radical (unpaired) electrons. The molecule has 2 aromatic heterocycles. The summed E-state index contributed by atoms with van der Waals surface area (Å²) in [5.74, 6) is -0.684. The average molecular weight is 434 g/mol. The molecule has 29 heavy (non-hydrogen) atoms. The quantitative estimate of drug-likeness (QED) is 0.549. The number of hydrogen-bond acceptors (Lipinski definition) is 3. The number of carboxylic acid groups (broad SMARTS) is 1. The number of fused-ring (bicyclic) bond motifs is 1. The Morgan fingerprint density at radius 1 is 1.34 bits per heavy atom. The number of thiophene rings is 1. The maximum Gasteiger partial charge on any atom is 0.404 e. The molecule has 0 bridgehead atoms. The third-order valence-corrected chi connectivity index (χ3v) is 5.82. The van der Waals surface area contributed by atoms with Gasteiger partial charge in [-0.3, -0.25) is 4.79 Å². The normalized spacial score (nSPS) is 15.7. The van der Waals surface area contributed by atoms with Crippen molar-refractivity contribution in [1.82, 2.24) is 15.2 Å². The molecule has 1 atom stereocenters. The number of nitrogens with zero attached hydrogens (tertiary/aromatic N) is 1. The van der Waals surface area contributed by atoms with Crippen LogP contribution in [-0.2, 0) is 0 Å². The second kappa shape index (κ2) is 7.88. The zero-order chi connectivity index (χ0) is 20.5. The first-order valence-electron chi connectivity index (χ1n) is 8.94. The van der Waals surface area contributed by atoms with Gasteiger partial charge in [-0.25, -0.2) is 9.18 Å². The van der Waals surface area contributed by atoms with E-state index in [9.17, 15) is 14.0 Å². The molecule has 0 saturated carbocycles. The number of amides is 2. The lowest BCUT2D eigenvalue weighted by atomic mass is 10.0. The van der Waals surface area contributed by atoms with Gasteiger partial charge in [0.15, 0.2) is 0 Å². The second-order valence-corrected chi connectivity index (χ2v) is 7.90. The Hall–Kier alpha value is -2.84. The predicted molar refractivity (Wildman–Crippen MR) is 110 cm³/mol. The van der Waals surface area contributed by atoms with Crippen LogP contribution in [0.5, 0.6) is 0 Å². The van der Waals surface area contributed by atoms with Crippen molar-refractivity contribution in [2.45, 2.75) is 12.5 Å². The van der Waals surface area contributed by atoms with Crippen molar-refractivity contribution in [1.29, 1.82) is 0 Å². The van der Waals surface area contributed by atoms with Crippen LogP contribution in [-0.4, -0.2) is 34.8 Å². The maximum atomic E-state index is 14.7. The Kier molecular flexibility index (Phi) is 5.29. The molecule has 1 aromatic carbocycles. The van der Waals surface area contributed by atoms with Crippen LogP contribution in [0.3, 0.4) is 0 Å². The second-order valence-electron chi connectivity index (χ2n) is 6.68. The lowest BCUT2D eigenvalue weighted by molar-refractivity contribution is 0.0913. The van der Waals surface area contributed by atoms with E-state index in [-0.39, 0.29) is 18.5 Å². The van der Waals surface area contributed by atoms with E-state index in [1.165, 1.54) is 23.5 Å². The minimum absolute atomic E-state index is 0.180. The van der Waals surface area contributed by atoms with E-state index in [4.69, 9.17) is 16.7 Å². The fraction of sp³-hybridized carbons (Fsp3) is 0.200. The Morgan fingerprint density at radius 3 is 2.90 bits per heavy atom. The fourth-order valence-electron chi connectivity index (χ4n) is 3.65. The SMILES string of the molecule is O=C(O)NCCC1CNC(=O)c2cc(-c3cc(Cl)ccc3F)c(-c3ccsc3)n21. The molecule has 6 nitrogen and oxygen atoms in total. The van der Waals surface area contributed by atoms with Gasteiger partial charge in [0, 0.05) is 40.2 Å². The van der Waals surface area contributed by atoms with Crippen molar-refractivity contribution in [3.8, 4) is 22.4 Å². The molecule has 4 rings (SSSR count). The summed E-state index contributed by atoms with van der Waals surface area (Å²) in [5, 5.41) is 18.3. The molecular formula is C20H17ClFN3O3S. The average Bonchev–Trinajstić information content (AvgIpc) is 3.33. The highest BCUT2D eigenvalue weighted by atomic mass is 35.5. The van der Waals surface area contributed by atoms with Crippen LogP contribution in [0.2, 0.25) is 5.02 Å². The Morgan fingerprint density at radius 2 is 2.17 bits per heavy atom. The monoisotopic (exact) mass is 433 g/mol. The van der Waals surface area contributed by atoms with Crippen LogP contribution < -0.4 is 10.6 Å². The molecule has 150 valence electrons. The first kappa shape index (κ1) is 19.5. The van der Waals surface area contributed by atoms with Gasteiger partial charge in [-0.1, -0.05) is 11.6 Å². The van der Waals surface area contributed by atoms with Gasteiger partial charge >= 0.3 is 6.09 Å². The highest BCUT2D eigenvalue weighted by Crippen LogP contribution is 2.41. The van der Waals surface area contributed by atoms with Crippen LogP contribution in [0.1, 0.15) is 23.0 Å². The van der Waals surface area contributed by atoms with Crippen molar-refractivity contribution < 1.29 is 19.1 Å². The zero-order valence-electron chi connectivity index (χ0n) is 15.1. The van der Waals surface area contributed by atoms with Crippen molar-refractivity contribution in [3.63, 3.8) is 0 Å². The van der Waals surface area contributed by atoms with Crippen LogP contribution in [0, 0.1) is 5.82 Å². The van der Waals surface area contributed by atoms with E-state index >= 15 is 0 Å². The molecular weight excluding hydrogens is 417 g/mol. The first-order valence-corrected chi connectivity index (χ1v) is 10.3. The molecule has 9 heteroatoms. The van der Waals surface area contributed by atoms with E-state index in [0.29, 0.717) is 34.8 Å². The minimum Gasteiger partial charge on any atom is -0.465 e. The number of carbonyl (C=O) groups excluding carboxylic acids is 1. The van der Waals surface area contributed by atoms with Crippen molar-refractivity contribution in [2.75, 3.05) is 13.1 Å². The fourth-order valence-corrected chi connectivity index (χ4v) is 4.46. The van der Waals surface area contributed by atoms with E-state index in [1.807, 2.05) is 21.4 Å². The molecule has 0 spiro atoms. The minimum atomic E-state index is -1.10. The topological polar surface area (TPSA) is 83.4 Å². The van der Waals surface area contributed by atoms with Crippen LogP contribution in [0.15, 0.2) is 41.1 Å². The summed E-state index contributed by atoms with van der Waals surface area (Å²) in [6.07, 6.45) is -0.625. The summed E-state index contributed by atoms with van der Waals surface area (Å²) in [7, 11) is 0. The summed E-state index contributed by atoms with van der Waals surface area (Å²) >= 11 is 7.61. The van der Waals surface area contributed by atoms with E-state index < -0.39 is 11.9 Å². The van der Waals surface area contributed by atoms with Gasteiger partial charge < -0.3 is 20.3 Å². The highest BCUT2D eigenvalue weighted by molar-refractivity contribution is 7.08. The molecule has 0 saturated heterocycles. The van der Waals surface area contributed by atoms with Gasteiger partial charge in [-0.05, 0) is 42.1 Å². The van der Waals surface area contributed by atoms with Gasteiger partial charge in [0.2, 0.25) is 0 Å². The first-order chi connectivity index (χ1) is 14.0. The van der Waals surface area contributed by atoms with Crippen molar-refractivity contribution in [3.05, 3.63) is 57.6 Å². The van der Waals surface area contributed by atoms with Crippen molar-refractivity contribution >= 4 is 34.9 Å². The smallest absolute Gasteiger partial charge is 0.404 e. The summed E-state index contributed by atoms with van der Waals surface area (Å²) < 4.78 is 16.6. The Bertz CT molecular complexity index is 1080. The summed E-state index contributed by atoms with van der Waals surface area (Å²) in [4.78, 5) is 23.4. The van der Waals surface area contributed by atoms with Gasteiger partial charge in [0.1, 0.15) is 11.5 Å². The highest BCUT2D eigenvalue weighted by Gasteiger charge is 2.31. The van der Waals surface area contributed by atoms with Crippen LogP contribution in [0.4, 0.5) is 9.18 Å². The van der Waals surface area contributed by atoms with E-state index in [0.717, 1.165) is 11.3 Å². The molecule has 2 amide bonds. The number of carbonyl (C=O) groups is 2. The lowest BCUT2D eigenvalue weighted by Gasteiger charge is -2.28.